The molecule has 5 nitrogen and oxygen atoms in total. The second-order valence-corrected chi connectivity index (χ2v) is 4.91. The minimum atomic E-state index is -1.60. The number of aliphatic hydroxyl groups is 1. The number of aliphatic carboxylic acids is 1. The first-order valence-electron chi connectivity index (χ1n) is 6.81. The molecule has 0 aliphatic rings. The molecule has 0 unspecified atom stereocenters. The minimum absolute atomic E-state index is 0.186. The van der Waals surface area contributed by atoms with Gasteiger partial charge in [-0.25, -0.2) is 13.6 Å². The van der Waals surface area contributed by atoms with Crippen molar-refractivity contribution >= 4 is 17.8 Å². The van der Waals surface area contributed by atoms with Crippen LogP contribution in [0.2, 0.25) is 0 Å². The molecule has 0 bridgehead atoms. The highest BCUT2D eigenvalue weighted by atomic mass is 19.1. The summed E-state index contributed by atoms with van der Waals surface area (Å²) >= 11 is 0. The number of halogens is 2. The van der Waals surface area contributed by atoms with Gasteiger partial charge >= 0.3 is 5.97 Å². The maximum atomic E-state index is 13.2. The molecule has 1 aromatic heterocycles. The van der Waals surface area contributed by atoms with Crippen LogP contribution in [0.15, 0.2) is 54.4 Å². The zero-order chi connectivity index (χ0) is 17.7. The van der Waals surface area contributed by atoms with Crippen molar-refractivity contribution in [2.75, 3.05) is 0 Å². The molecule has 2 N–H and O–H groups in total. The van der Waals surface area contributed by atoms with Gasteiger partial charge in [-0.1, -0.05) is 0 Å². The van der Waals surface area contributed by atoms with Crippen molar-refractivity contribution in [2.45, 2.75) is 6.54 Å². The van der Waals surface area contributed by atoms with Crippen molar-refractivity contribution < 1.29 is 28.6 Å². The van der Waals surface area contributed by atoms with Gasteiger partial charge in [0.15, 0.2) is 5.78 Å². The van der Waals surface area contributed by atoms with Crippen LogP contribution in [0.3, 0.4) is 0 Å². The third-order valence-electron chi connectivity index (χ3n) is 3.06. The van der Waals surface area contributed by atoms with Gasteiger partial charge in [-0.15, -0.1) is 0 Å². The van der Waals surface area contributed by atoms with Gasteiger partial charge < -0.3 is 14.8 Å². The second kappa shape index (κ2) is 7.36. The van der Waals surface area contributed by atoms with Crippen molar-refractivity contribution in [2.24, 2.45) is 0 Å². The number of nitrogens with zero attached hydrogens (tertiary/aromatic N) is 1. The number of ketones is 1. The van der Waals surface area contributed by atoms with Gasteiger partial charge in [-0.05, 0) is 42.0 Å². The molecule has 0 amide bonds. The largest absolute Gasteiger partial charge is 0.502 e. The topological polar surface area (TPSA) is 79.5 Å². The number of benzene rings is 1. The number of carboxylic acid groups (broad SMARTS) is 1. The third-order valence-corrected chi connectivity index (χ3v) is 3.06. The Kier molecular flexibility index (Phi) is 5.26. The van der Waals surface area contributed by atoms with E-state index in [1.807, 2.05) is 0 Å². The normalized spacial score (nSPS) is 11.8. The second-order valence-electron chi connectivity index (χ2n) is 4.91. The number of allylic oxidation sites excluding steroid dienone is 2. The molecule has 7 heteroatoms. The van der Waals surface area contributed by atoms with Crippen LogP contribution in [-0.2, 0) is 16.1 Å². The first-order valence-corrected chi connectivity index (χ1v) is 6.81. The maximum absolute atomic E-state index is 13.2. The Bertz CT molecular complexity index is 817. The first kappa shape index (κ1) is 17.1. The summed E-state index contributed by atoms with van der Waals surface area (Å²) < 4.78 is 28.1. The lowest BCUT2D eigenvalue weighted by Gasteiger charge is -2.07. The van der Waals surface area contributed by atoms with Crippen LogP contribution in [0.1, 0.15) is 11.3 Å². The van der Waals surface area contributed by atoms with Crippen molar-refractivity contribution in [3.8, 4) is 0 Å². The molecule has 0 aliphatic heterocycles. The van der Waals surface area contributed by atoms with Crippen LogP contribution in [0.5, 0.6) is 0 Å². The summed E-state index contributed by atoms with van der Waals surface area (Å²) in [6.07, 6.45) is 4.73. The molecular formula is C17H13F2NO4. The highest BCUT2D eigenvalue weighted by Crippen LogP contribution is 2.13. The minimum Gasteiger partial charge on any atom is -0.502 e. The van der Waals surface area contributed by atoms with Gasteiger partial charge in [-0.2, -0.15) is 0 Å². The average Bonchev–Trinajstić information content (AvgIpc) is 2.91. The van der Waals surface area contributed by atoms with Crippen LogP contribution in [-0.4, -0.2) is 26.5 Å². The standard InChI is InChI=1S/C17H13F2NO4/c18-12-6-11(7-13(19)8-12)10-20-5-1-2-14(20)3-4-15(21)9-16(22)17(23)24/h1-9,22H,10H2,(H,23,24)/b4-3+,16-9-. The predicted octanol–water partition coefficient (Wildman–Crippen LogP) is 2.92. The van der Waals surface area contributed by atoms with Gasteiger partial charge in [0, 0.05) is 30.6 Å². The average molecular weight is 333 g/mol. The van der Waals surface area contributed by atoms with E-state index in [1.165, 1.54) is 18.2 Å². The van der Waals surface area contributed by atoms with E-state index >= 15 is 0 Å². The number of carbonyl (C=O) groups excluding carboxylic acids is 1. The number of aromatic nitrogens is 1. The lowest BCUT2D eigenvalue weighted by atomic mass is 10.2. The molecule has 2 rings (SSSR count). The zero-order valence-corrected chi connectivity index (χ0v) is 12.3. The summed E-state index contributed by atoms with van der Waals surface area (Å²) in [6.45, 7) is 0.186. The van der Waals surface area contributed by atoms with E-state index in [0.29, 0.717) is 17.3 Å². The molecule has 0 atom stereocenters. The number of hydrogen-bond acceptors (Lipinski definition) is 3. The molecule has 0 saturated heterocycles. The van der Waals surface area contributed by atoms with Crippen molar-refractivity contribution in [1.82, 2.24) is 4.57 Å². The van der Waals surface area contributed by atoms with E-state index in [4.69, 9.17) is 10.2 Å². The fraction of sp³-hybridized carbons (Fsp3) is 0.0588. The maximum Gasteiger partial charge on any atom is 0.371 e. The summed E-state index contributed by atoms with van der Waals surface area (Å²) in [5, 5.41) is 17.5. The van der Waals surface area contributed by atoms with Gasteiger partial charge in [-0.3, -0.25) is 4.79 Å². The highest BCUT2D eigenvalue weighted by Gasteiger charge is 2.06. The van der Waals surface area contributed by atoms with Gasteiger partial charge in [0.05, 0.1) is 0 Å². The van der Waals surface area contributed by atoms with E-state index in [-0.39, 0.29) is 6.54 Å². The summed E-state index contributed by atoms with van der Waals surface area (Å²) in [5.74, 6) is -4.74. The van der Waals surface area contributed by atoms with Crippen LogP contribution < -0.4 is 0 Å². The first-order chi connectivity index (χ1) is 11.3. The van der Waals surface area contributed by atoms with Crippen molar-refractivity contribution in [3.05, 3.63) is 77.3 Å². The SMILES string of the molecule is O=C(/C=C(\O)C(=O)O)/C=C/c1cccn1Cc1cc(F)cc(F)c1. The summed E-state index contributed by atoms with van der Waals surface area (Å²) in [6, 6.07) is 6.54. The summed E-state index contributed by atoms with van der Waals surface area (Å²) in [4.78, 5) is 21.9. The van der Waals surface area contributed by atoms with Crippen molar-refractivity contribution in [3.63, 3.8) is 0 Å². The summed E-state index contributed by atoms with van der Waals surface area (Å²) in [5.41, 5.74) is 0.976. The Morgan fingerprint density at radius 3 is 2.42 bits per heavy atom. The third kappa shape index (κ3) is 4.64. The molecule has 124 valence electrons. The molecule has 0 radical (unpaired) electrons. The molecule has 2 aromatic rings. The number of carbonyl (C=O) groups is 2. The van der Waals surface area contributed by atoms with Crippen LogP contribution in [0, 0.1) is 11.6 Å². The van der Waals surface area contributed by atoms with Crippen LogP contribution in [0.25, 0.3) is 6.08 Å². The Morgan fingerprint density at radius 2 is 1.79 bits per heavy atom. The molecule has 0 saturated carbocycles. The Hall–Kier alpha value is -3.22. The smallest absolute Gasteiger partial charge is 0.371 e. The van der Waals surface area contributed by atoms with Crippen molar-refractivity contribution in [1.29, 1.82) is 0 Å². The quantitative estimate of drug-likeness (QED) is 0.629. The van der Waals surface area contributed by atoms with Crippen LogP contribution >= 0.6 is 0 Å². The van der Waals surface area contributed by atoms with E-state index in [2.05, 4.69) is 0 Å². The molecule has 1 heterocycles. The van der Waals surface area contributed by atoms with Gasteiger partial charge in [0.2, 0.25) is 5.76 Å². The molecular weight excluding hydrogens is 320 g/mol. The number of hydrogen-bond donors (Lipinski definition) is 2. The number of aliphatic hydroxyl groups excluding tert-OH is 1. The Labute approximate surface area is 135 Å². The van der Waals surface area contributed by atoms with E-state index < -0.39 is 29.1 Å². The Balaban J connectivity index is 2.15. The van der Waals surface area contributed by atoms with Crippen LogP contribution in [0.4, 0.5) is 8.78 Å². The van der Waals surface area contributed by atoms with E-state index in [9.17, 15) is 18.4 Å². The van der Waals surface area contributed by atoms with E-state index in [1.54, 1.807) is 22.9 Å². The fourth-order valence-corrected chi connectivity index (χ4v) is 2.03. The monoisotopic (exact) mass is 333 g/mol. The highest BCUT2D eigenvalue weighted by molar-refractivity contribution is 6.05. The Morgan fingerprint density at radius 1 is 1.12 bits per heavy atom. The predicted molar refractivity (Wildman–Crippen MR) is 82.3 cm³/mol. The van der Waals surface area contributed by atoms with Gasteiger partial charge in [0.1, 0.15) is 11.6 Å². The fourth-order valence-electron chi connectivity index (χ4n) is 2.03. The molecule has 0 aliphatic carbocycles. The lowest BCUT2D eigenvalue weighted by Crippen LogP contribution is -2.03. The molecule has 0 spiro atoms. The summed E-state index contributed by atoms with van der Waals surface area (Å²) in [7, 11) is 0. The molecule has 0 fully saturated rings. The number of carboxylic acids is 1. The lowest BCUT2D eigenvalue weighted by molar-refractivity contribution is -0.135. The van der Waals surface area contributed by atoms with Gasteiger partial charge in [0.25, 0.3) is 0 Å². The molecule has 24 heavy (non-hydrogen) atoms. The zero-order valence-electron chi connectivity index (χ0n) is 12.3. The molecule has 1 aromatic carbocycles. The van der Waals surface area contributed by atoms with E-state index in [0.717, 1.165) is 12.1 Å². The number of rotatable bonds is 6.